The first-order valence-corrected chi connectivity index (χ1v) is 4.41. The van der Waals surface area contributed by atoms with E-state index in [0.29, 0.717) is 0 Å². The summed E-state index contributed by atoms with van der Waals surface area (Å²) in [4.78, 5) is 9.96. The molecule has 0 aromatic carbocycles. The lowest BCUT2D eigenvalue weighted by Gasteiger charge is -2.07. The second kappa shape index (κ2) is 3.23. The zero-order chi connectivity index (χ0) is 5.82. The van der Waals surface area contributed by atoms with Gasteiger partial charge in [-0.25, -0.2) is 4.79 Å². The van der Waals surface area contributed by atoms with Crippen molar-refractivity contribution in [3.05, 3.63) is 4.24 Å². The molecule has 8 heavy (non-hydrogen) atoms. The second-order valence-corrected chi connectivity index (χ2v) is 3.91. The average Bonchev–Trinajstić information content (AvgIpc) is 1.90. The Morgan fingerprint density at radius 2 is 2.00 bits per heavy atom. The maximum Gasteiger partial charge on any atom is 0.146 e. The molecule has 44 valence electrons. The van der Waals surface area contributed by atoms with Crippen LogP contribution >= 0.6 is 23.5 Å². The van der Waals surface area contributed by atoms with E-state index < -0.39 is 0 Å². The molecular formula is C5H6OS2. The zero-order valence-corrected chi connectivity index (χ0v) is 5.98. The predicted octanol–water partition coefficient (Wildman–Crippen LogP) is 1.53. The summed E-state index contributed by atoms with van der Waals surface area (Å²) >= 11 is 3.24. The minimum Gasteiger partial charge on any atom is -0.232 e. The lowest BCUT2D eigenvalue weighted by molar-refractivity contribution is 0.569. The highest BCUT2D eigenvalue weighted by molar-refractivity contribution is 8.23. The van der Waals surface area contributed by atoms with Gasteiger partial charge in [0.25, 0.3) is 0 Å². The van der Waals surface area contributed by atoms with E-state index in [9.17, 15) is 4.79 Å². The van der Waals surface area contributed by atoms with Gasteiger partial charge in [0.1, 0.15) is 10.2 Å². The molecule has 0 bridgehead atoms. The molecule has 0 radical (unpaired) electrons. The van der Waals surface area contributed by atoms with Crippen LogP contribution in [0.15, 0.2) is 4.24 Å². The number of carbonyl (C=O) groups excluding carboxylic acids is 1. The topological polar surface area (TPSA) is 17.1 Å². The fraction of sp³-hybridized carbons (Fsp3) is 0.600. The van der Waals surface area contributed by atoms with Crippen LogP contribution < -0.4 is 0 Å². The highest BCUT2D eigenvalue weighted by Crippen LogP contribution is 2.31. The van der Waals surface area contributed by atoms with Crippen molar-refractivity contribution in [1.29, 1.82) is 0 Å². The summed E-state index contributed by atoms with van der Waals surface area (Å²) in [5.74, 6) is 4.09. The molecule has 1 saturated heterocycles. The van der Waals surface area contributed by atoms with Crippen LogP contribution in [0.3, 0.4) is 0 Å². The third-order valence-electron chi connectivity index (χ3n) is 0.838. The minimum absolute atomic E-state index is 0.830. The summed E-state index contributed by atoms with van der Waals surface area (Å²) in [6.07, 6.45) is 1.22. The van der Waals surface area contributed by atoms with Crippen LogP contribution in [0.5, 0.6) is 0 Å². The van der Waals surface area contributed by atoms with Gasteiger partial charge >= 0.3 is 0 Å². The summed E-state index contributed by atoms with van der Waals surface area (Å²) in [5.41, 5.74) is 0. The first kappa shape index (κ1) is 6.27. The molecule has 3 heteroatoms. The molecule has 1 heterocycles. The van der Waals surface area contributed by atoms with E-state index in [2.05, 4.69) is 0 Å². The molecule has 1 aliphatic heterocycles. The van der Waals surface area contributed by atoms with Crippen LogP contribution in [-0.2, 0) is 4.79 Å². The molecule has 1 fully saturated rings. The maximum absolute atomic E-state index is 9.96. The molecule has 0 N–H and O–H groups in total. The number of rotatable bonds is 0. The van der Waals surface area contributed by atoms with Crippen molar-refractivity contribution >= 4 is 29.5 Å². The van der Waals surface area contributed by atoms with E-state index in [1.807, 2.05) is 5.94 Å². The number of hydrogen-bond acceptors (Lipinski definition) is 3. The molecule has 1 aliphatic rings. The molecule has 0 spiro atoms. The van der Waals surface area contributed by atoms with E-state index in [-0.39, 0.29) is 0 Å². The Morgan fingerprint density at radius 1 is 1.38 bits per heavy atom. The Kier molecular flexibility index (Phi) is 2.53. The molecule has 0 aromatic rings. The van der Waals surface area contributed by atoms with E-state index in [4.69, 9.17) is 0 Å². The van der Waals surface area contributed by atoms with Crippen LogP contribution in [0.4, 0.5) is 0 Å². The predicted molar refractivity (Wildman–Crippen MR) is 38.7 cm³/mol. The van der Waals surface area contributed by atoms with Crippen molar-refractivity contribution in [1.82, 2.24) is 0 Å². The van der Waals surface area contributed by atoms with E-state index in [1.165, 1.54) is 6.42 Å². The van der Waals surface area contributed by atoms with Crippen LogP contribution in [0.1, 0.15) is 6.42 Å². The van der Waals surface area contributed by atoms with Gasteiger partial charge in [-0.2, -0.15) is 0 Å². The second-order valence-electron chi connectivity index (χ2n) is 1.44. The highest BCUT2D eigenvalue weighted by Gasteiger charge is 2.05. The molecule has 0 aromatic heterocycles. The van der Waals surface area contributed by atoms with Gasteiger partial charge in [-0.1, -0.05) is 0 Å². The van der Waals surface area contributed by atoms with Gasteiger partial charge in [-0.3, -0.25) is 0 Å². The van der Waals surface area contributed by atoms with Gasteiger partial charge in [-0.15, -0.1) is 23.5 Å². The third-order valence-corrected chi connectivity index (χ3v) is 3.22. The molecule has 0 saturated carbocycles. The third kappa shape index (κ3) is 1.58. The standard InChI is InChI=1S/C5H6OS2/c6-4-5-7-2-1-3-8-5/h1-3H2. The molecule has 0 aliphatic carbocycles. The van der Waals surface area contributed by atoms with Gasteiger partial charge < -0.3 is 0 Å². The maximum atomic E-state index is 9.96. The highest BCUT2D eigenvalue weighted by atomic mass is 32.2. The SMILES string of the molecule is O=C=C1SCCCS1. The van der Waals surface area contributed by atoms with Crippen molar-refractivity contribution < 1.29 is 4.79 Å². The van der Waals surface area contributed by atoms with E-state index in [0.717, 1.165) is 15.7 Å². The Hall–Kier alpha value is 0.150. The van der Waals surface area contributed by atoms with Crippen molar-refractivity contribution in [2.24, 2.45) is 0 Å². The van der Waals surface area contributed by atoms with Gasteiger partial charge in [0.15, 0.2) is 0 Å². The lowest BCUT2D eigenvalue weighted by atomic mass is 10.6. The fourth-order valence-corrected chi connectivity index (χ4v) is 2.57. The molecule has 0 unspecified atom stereocenters. The Balaban J connectivity index is 2.45. The Morgan fingerprint density at radius 3 is 2.38 bits per heavy atom. The fourth-order valence-electron chi connectivity index (χ4n) is 0.489. The van der Waals surface area contributed by atoms with Crippen molar-refractivity contribution in [2.75, 3.05) is 11.5 Å². The van der Waals surface area contributed by atoms with Gasteiger partial charge in [0.05, 0.1) is 0 Å². The summed E-state index contributed by atoms with van der Waals surface area (Å²) in [6, 6.07) is 0. The first-order chi connectivity index (χ1) is 3.93. The zero-order valence-electron chi connectivity index (χ0n) is 4.35. The summed E-state index contributed by atoms with van der Waals surface area (Å²) in [7, 11) is 0. The van der Waals surface area contributed by atoms with E-state index >= 15 is 0 Å². The normalized spacial score (nSPS) is 20.2. The van der Waals surface area contributed by atoms with Gasteiger partial charge in [0, 0.05) is 11.5 Å². The minimum atomic E-state index is 0.830. The molecule has 0 amide bonds. The molecule has 1 nitrogen and oxygen atoms in total. The summed E-state index contributed by atoms with van der Waals surface area (Å²) in [6.45, 7) is 0. The van der Waals surface area contributed by atoms with Gasteiger partial charge in [0.2, 0.25) is 0 Å². The Bertz CT molecular complexity index is 118. The van der Waals surface area contributed by atoms with Crippen molar-refractivity contribution in [2.45, 2.75) is 6.42 Å². The first-order valence-electron chi connectivity index (χ1n) is 2.44. The molecule has 1 rings (SSSR count). The van der Waals surface area contributed by atoms with Gasteiger partial charge in [-0.05, 0) is 6.42 Å². The quantitative estimate of drug-likeness (QED) is 0.482. The lowest BCUT2D eigenvalue weighted by Crippen LogP contribution is -1.91. The van der Waals surface area contributed by atoms with Crippen LogP contribution in [0.2, 0.25) is 0 Å². The Labute approximate surface area is 56.9 Å². The number of thioether (sulfide) groups is 2. The monoisotopic (exact) mass is 146 g/mol. The van der Waals surface area contributed by atoms with Crippen LogP contribution in [-0.4, -0.2) is 17.4 Å². The number of hydrogen-bond donors (Lipinski definition) is 0. The summed E-state index contributed by atoms with van der Waals surface area (Å²) < 4.78 is 0.830. The van der Waals surface area contributed by atoms with Crippen molar-refractivity contribution in [3.8, 4) is 0 Å². The molecular weight excluding hydrogens is 140 g/mol. The van der Waals surface area contributed by atoms with Crippen LogP contribution in [0.25, 0.3) is 0 Å². The average molecular weight is 146 g/mol. The van der Waals surface area contributed by atoms with Crippen LogP contribution in [0, 0.1) is 0 Å². The smallest absolute Gasteiger partial charge is 0.146 e. The van der Waals surface area contributed by atoms with E-state index in [1.54, 1.807) is 23.5 Å². The largest absolute Gasteiger partial charge is 0.232 e. The van der Waals surface area contributed by atoms with Crippen molar-refractivity contribution in [3.63, 3.8) is 0 Å². The molecule has 0 atom stereocenters. The summed E-state index contributed by atoms with van der Waals surface area (Å²) in [5, 5.41) is 0.